The molecule has 2 nitrogen and oxygen atoms in total. The van der Waals surface area contributed by atoms with Crippen LogP contribution in [0.4, 0.5) is 0 Å². The molecule has 1 aliphatic heterocycles. The minimum atomic E-state index is 0. The summed E-state index contributed by atoms with van der Waals surface area (Å²) < 4.78 is 1.38. The van der Waals surface area contributed by atoms with Gasteiger partial charge in [0.25, 0.3) is 0 Å². The summed E-state index contributed by atoms with van der Waals surface area (Å²) in [6, 6.07) is 8.62. The van der Waals surface area contributed by atoms with E-state index in [-0.39, 0.29) is 12.4 Å². The molecule has 3 rings (SSSR count). The monoisotopic (exact) mass is 266 g/mol. The molecule has 17 heavy (non-hydrogen) atoms. The van der Waals surface area contributed by atoms with Gasteiger partial charge in [0, 0.05) is 22.5 Å². The minimum Gasteiger partial charge on any atom is -0.372 e. The third-order valence-corrected chi connectivity index (χ3v) is 4.12. The summed E-state index contributed by atoms with van der Waals surface area (Å²) in [5.41, 5.74) is 1.44. The molecule has 1 aromatic carbocycles. The number of rotatable bonds is 2. The van der Waals surface area contributed by atoms with Crippen molar-refractivity contribution in [3.63, 3.8) is 0 Å². The average Bonchev–Trinajstić information content (AvgIpc) is 2.89. The van der Waals surface area contributed by atoms with Gasteiger partial charge in [0.05, 0.1) is 6.54 Å². The highest BCUT2D eigenvalue weighted by Gasteiger charge is 2.12. The van der Waals surface area contributed by atoms with Crippen molar-refractivity contribution >= 4 is 39.7 Å². The van der Waals surface area contributed by atoms with Crippen LogP contribution in [0.1, 0.15) is 10.4 Å². The summed E-state index contributed by atoms with van der Waals surface area (Å²) in [7, 11) is 0. The molecule has 2 heterocycles. The molecule has 0 unspecified atom stereocenters. The second kappa shape index (κ2) is 5.07. The number of aryl methyl sites for hydroxylation is 1. The second-order valence-corrected chi connectivity index (χ2v) is 5.32. The Bertz CT molecular complexity index is 560. The summed E-state index contributed by atoms with van der Waals surface area (Å²) >= 11 is 1.88. The Morgan fingerprint density at radius 2 is 2.18 bits per heavy atom. The number of hydrogen-bond acceptors (Lipinski definition) is 3. The fourth-order valence-electron chi connectivity index (χ4n) is 2.17. The first-order valence-electron chi connectivity index (χ1n) is 5.59. The van der Waals surface area contributed by atoms with Gasteiger partial charge < -0.3 is 5.32 Å². The van der Waals surface area contributed by atoms with E-state index in [1.807, 2.05) is 11.3 Å². The molecular weight excluding hydrogens is 252 g/mol. The zero-order chi connectivity index (χ0) is 11.0. The Morgan fingerprint density at radius 3 is 2.94 bits per heavy atom. The minimum absolute atomic E-state index is 0. The van der Waals surface area contributed by atoms with Crippen LogP contribution in [-0.4, -0.2) is 18.9 Å². The van der Waals surface area contributed by atoms with Crippen molar-refractivity contribution in [1.29, 1.82) is 0 Å². The van der Waals surface area contributed by atoms with E-state index >= 15 is 0 Å². The van der Waals surface area contributed by atoms with Crippen molar-refractivity contribution in [2.75, 3.05) is 13.1 Å². The average molecular weight is 267 g/mol. The summed E-state index contributed by atoms with van der Waals surface area (Å²) in [5.74, 6) is 1.15. The molecule has 2 aromatic rings. The Labute approximate surface area is 111 Å². The lowest BCUT2D eigenvalue weighted by atomic mass is 10.1. The van der Waals surface area contributed by atoms with Crippen LogP contribution < -0.4 is 5.32 Å². The number of nitrogens with zero attached hydrogens (tertiary/aromatic N) is 1. The maximum Gasteiger partial charge on any atom is 0.101 e. The van der Waals surface area contributed by atoms with Crippen molar-refractivity contribution in [3.05, 3.63) is 34.7 Å². The van der Waals surface area contributed by atoms with Crippen molar-refractivity contribution in [3.8, 4) is 0 Å². The zero-order valence-corrected chi connectivity index (χ0v) is 11.3. The number of aliphatic imine (C=N–C) groups is 1. The van der Waals surface area contributed by atoms with Crippen LogP contribution in [0.15, 0.2) is 29.3 Å². The molecule has 0 aliphatic carbocycles. The Balaban J connectivity index is 0.00000108. The van der Waals surface area contributed by atoms with Crippen molar-refractivity contribution < 1.29 is 0 Å². The molecule has 0 fully saturated rings. The number of benzene rings is 1. The molecule has 4 heteroatoms. The lowest BCUT2D eigenvalue weighted by molar-refractivity contribution is 0.953. The summed E-state index contributed by atoms with van der Waals surface area (Å²) in [5, 5.41) is 4.73. The normalized spacial score (nSPS) is 14.3. The maximum atomic E-state index is 4.47. The number of nitrogens with one attached hydrogen (secondary N) is 1. The van der Waals surface area contributed by atoms with Crippen LogP contribution in [-0.2, 0) is 6.42 Å². The Hall–Kier alpha value is -1.06. The van der Waals surface area contributed by atoms with E-state index in [0.29, 0.717) is 0 Å². The first kappa shape index (κ1) is 12.4. The molecule has 0 radical (unpaired) electrons. The van der Waals surface area contributed by atoms with Gasteiger partial charge in [0.2, 0.25) is 0 Å². The van der Waals surface area contributed by atoms with E-state index in [9.17, 15) is 0 Å². The number of thiophene rings is 1. The molecule has 0 atom stereocenters. The highest BCUT2D eigenvalue weighted by molar-refractivity contribution is 7.19. The van der Waals surface area contributed by atoms with Gasteiger partial charge in [-0.3, -0.25) is 4.99 Å². The van der Waals surface area contributed by atoms with E-state index in [0.717, 1.165) is 25.3 Å². The molecule has 0 saturated heterocycles. The van der Waals surface area contributed by atoms with Crippen LogP contribution >= 0.6 is 23.7 Å². The van der Waals surface area contributed by atoms with E-state index in [2.05, 4.69) is 41.5 Å². The van der Waals surface area contributed by atoms with Gasteiger partial charge >= 0.3 is 0 Å². The number of halogens is 1. The highest BCUT2D eigenvalue weighted by atomic mass is 35.5. The van der Waals surface area contributed by atoms with Gasteiger partial charge in [-0.05, 0) is 23.9 Å². The first-order valence-corrected chi connectivity index (χ1v) is 6.40. The van der Waals surface area contributed by atoms with E-state index < -0.39 is 0 Å². The fraction of sp³-hybridized carbons (Fsp3) is 0.308. The standard InChI is InChI=1S/C13H14N2S.ClH/c1-9-11(8-13-14-6-7-15-13)10-4-2-3-5-12(10)16-9;/h2-5H,6-8H2,1H3,(H,14,15);1H. The Kier molecular flexibility index (Phi) is 3.69. The number of fused-ring (bicyclic) bond motifs is 1. The highest BCUT2D eigenvalue weighted by Crippen LogP contribution is 2.30. The SMILES string of the molecule is Cc1sc2ccccc2c1CC1=NCCN1.Cl. The largest absolute Gasteiger partial charge is 0.372 e. The quantitative estimate of drug-likeness (QED) is 0.887. The molecule has 0 spiro atoms. The van der Waals surface area contributed by atoms with E-state index in [1.165, 1.54) is 20.5 Å². The maximum absolute atomic E-state index is 4.47. The summed E-state index contributed by atoms with van der Waals surface area (Å²) in [4.78, 5) is 5.88. The predicted molar refractivity (Wildman–Crippen MR) is 77.8 cm³/mol. The van der Waals surface area contributed by atoms with Crippen molar-refractivity contribution in [1.82, 2.24) is 5.32 Å². The molecule has 1 aliphatic rings. The Morgan fingerprint density at radius 1 is 1.35 bits per heavy atom. The molecule has 1 aromatic heterocycles. The fourth-order valence-corrected chi connectivity index (χ4v) is 3.26. The van der Waals surface area contributed by atoms with E-state index in [1.54, 1.807) is 0 Å². The number of amidine groups is 1. The van der Waals surface area contributed by atoms with Gasteiger partial charge in [0.15, 0.2) is 0 Å². The predicted octanol–water partition coefficient (Wildman–Crippen LogP) is 3.18. The molecule has 1 N–H and O–H groups in total. The van der Waals surface area contributed by atoms with Gasteiger partial charge in [-0.25, -0.2) is 0 Å². The summed E-state index contributed by atoms with van der Waals surface area (Å²) in [6.07, 6.45) is 0.954. The van der Waals surface area contributed by atoms with Crippen LogP contribution in [0.25, 0.3) is 10.1 Å². The molecule has 0 bridgehead atoms. The lowest BCUT2D eigenvalue weighted by Crippen LogP contribution is -2.20. The van der Waals surface area contributed by atoms with Crippen LogP contribution in [0, 0.1) is 6.92 Å². The van der Waals surface area contributed by atoms with E-state index in [4.69, 9.17) is 0 Å². The molecule has 0 amide bonds. The van der Waals surface area contributed by atoms with Crippen LogP contribution in [0.3, 0.4) is 0 Å². The van der Waals surface area contributed by atoms with Crippen LogP contribution in [0.5, 0.6) is 0 Å². The third kappa shape index (κ3) is 2.31. The molecule has 0 saturated carbocycles. The lowest BCUT2D eigenvalue weighted by Gasteiger charge is -2.02. The van der Waals surface area contributed by atoms with Crippen molar-refractivity contribution in [2.24, 2.45) is 4.99 Å². The van der Waals surface area contributed by atoms with Gasteiger partial charge in [-0.1, -0.05) is 18.2 Å². The van der Waals surface area contributed by atoms with Gasteiger partial charge in [-0.15, -0.1) is 23.7 Å². The zero-order valence-electron chi connectivity index (χ0n) is 9.69. The first-order chi connectivity index (χ1) is 7.84. The second-order valence-electron chi connectivity index (χ2n) is 4.06. The smallest absolute Gasteiger partial charge is 0.101 e. The summed E-state index contributed by atoms with van der Waals surface area (Å²) in [6.45, 7) is 4.13. The topological polar surface area (TPSA) is 24.4 Å². The third-order valence-electron chi connectivity index (χ3n) is 2.99. The number of hydrogen-bond donors (Lipinski definition) is 1. The molecular formula is C13H15ClN2S. The van der Waals surface area contributed by atoms with Crippen LogP contribution in [0.2, 0.25) is 0 Å². The van der Waals surface area contributed by atoms with Gasteiger partial charge in [0.1, 0.15) is 5.84 Å². The van der Waals surface area contributed by atoms with Crippen molar-refractivity contribution in [2.45, 2.75) is 13.3 Å². The van der Waals surface area contributed by atoms with Gasteiger partial charge in [-0.2, -0.15) is 0 Å². The molecule has 90 valence electrons.